The number of phenolic OH excluding ortho intramolecular Hbond substituents is 2. The molecule has 0 fully saturated rings. The van der Waals surface area contributed by atoms with Gasteiger partial charge in [0.15, 0.2) is 0 Å². The lowest BCUT2D eigenvalue weighted by molar-refractivity contribution is 0.471. The van der Waals surface area contributed by atoms with Gasteiger partial charge in [0.2, 0.25) is 5.56 Å². The van der Waals surface area contributed by atoms with Crippen molar-refractivity contribution in [2.45, 2.75) is 6.92 Å². The Morgan fingerprint density at radius 1 is 0.818 bits per heavy atom. The van der Waals surface area contributed by atoms with E-state index in [1.807, 2.05) is 19.1 Å². The molecule has 3 N–H and O–H groups in total. The molecule has 110 valence electrons. The van der Waals surface area contributed by atoms with Gasteiger partial charge in [-0.25, -0.2) is 0 Å². The molecular formula is C18H15NO3. The van der Waals surface area contributed by atoms with Crippen LogP contribution in [0.3, 0.4) is 0 Å². The van der Waals surface area contributed by atoms with E-state index in [0.29, 0.717) is 5.69 Å². The molecule has 0 radical (unpaired) electrons. The van der Waals surface area contributed by atoms with Crippen LogP contribution in [0, 0.1) is 6.92 Å². The molecule has 0 spiro atoms. The summed E-state index contributed by atoms with van der Waals surface area (Å²) in [6.45, 7) is 1.81. The highest BCUT2D eigenvalue weighted by Gasteiger charge is 2.06. The highest BCUT2D eigenvalue weighted by atomic mass is 16.3. The van der Waals surface area contributed by atoms with E-state index in [2.05, 4.69) is 4.98 Å². The van der Waals surface area contributed by atoms with Crippen molar-refractivity contribution in [2.24, 2.45) is 0 Å². The van der Waals surface area contributed by atoms with Gasteiger partial charge in [-0.15, -0.1) is 0 Å². The number of aromatic amines is 1. The molecule has 3 rings (SSSR count). The second kappa shape index (κ2) is 5.41. The van der Waals surface area contributed by atoms with Crippen LogP contribution in [0.25, 0.3) is 22.4 Å². The highest BCUT2D eigenvalue weighted by molar-refractivity contribution is 5.71. The normalized spacial score (nSPS) is 10.6. The number of phenols is 2. The Labute approximate surface area is 127 Å². The second-order valence-electron chi connectivity index (χ2n) is 5.20. The quantitative estimate of drug-likeness (QED) is 0.677. The van der Waals surface area contributed by atoms with E-state index in [9.17, 15) is 15.0 Å². The summed E-state index contributed by atoms with van der Waals surface area (Å²) in [6.07, 6.45) is 0. The first-order valence-corrected chi connectivity index (χ1v) is 6.87. The minimum Gasteiger partial charge on any atom is -0.508 e. The molecule has 3 aromatic rings. The predicted octanol–water partition coefficient (Wildman–Crippen LogP) is 3.43. The van der Waals surface area contributed by atoms with E-state index in [0.717, 1.165) is 22.3 Å². The number of nitrogens with one attached hydrogen (secondary N) is 1. The van der Waals surface area contributed by atoms with Gasteiger partial charge >= 0.3 is 0 Å². The zero-order chi connectivity index (χ0) is 15.7. The van der Waals surface area contributed by atoms with Crippen LogP contribution in [0.15, 0.2) is 59.4 Å². The summed E-state index contributed by atoms with van der Waals surface area (Å²) >= 11 is 0. The second-order valence-corrected chi connectivity index (χ2v) is 5.20. The Kier molecular flexibility index (Phi) is 3.43. The third kappa shape index (κ3) is 2.72. The largest absolute Gasteiger partial charge is 0.508 e. The van der Waals surface area contributed by atoms with Gasteiger partial charge < -0.3 is 15.2 Å². The summed E-state index contributed by atoms with van der Waals surface area (Å²) in [5.74, 6) is 0.366. The van der Waals surface area contributed by atoms with E-state index in [4.69, 9.17) is 0 Å². The van der Waals surface area contributed by atoms with Crippen LogP contribution in [-0.4, -0.2) is 15.2 Å². The number of aromatic hydroxyl groups is 2. The highest BCUT2D eigenvalue weighted by Crippen LogP contribution is 2.27. The van der Waals surface area contributed by atoms with Crippen molar-refractivity contribution in [1.82, 2.24) is 4.98 Å². The van der Waals surface area contributed by atoms with Crippen LogP contribution < -0.4 is 5.56 Å². The van der Waals surface area contributed by atoms with Crippen LogP contribution in [-0.2, 0) is 0 Å². The first-order valence-electron chi connectivity index (χ1n) is 6.87. The van der Waals surface area contributed by atoms with Crippen LogP contribution >= 0.6 is 0 Å². The average Bonchev–Trinajstić information content (AvgIpc) is 2.50. The number of pyridine rings is 1. The Balaban J connectivity index is 2.12. The summed E-state index contributed by atoms with van der Waals surface area (Å²) < 4.78 is 0. The lowest BCUT2D eigenvalue weighted by Crippen LogP contribution is -2.05. The maximum absolute atomic E-state index is 11.9. The van der Waals surface area contributed by atoms with E-state index < -0.39 is 0 Å². The molecule has 0 amide bonds. The molecular weight excluding hydrogens is 278 g/mol. The molecule has 1 heterocycles. The molecule has 0 aliphatic heterocycles. The number of aromatic nitrogens is 1. The van der Waals surface area contributed by atoms with Gasteiger partial charge in [-0.1, -0.05) is 24.3 Å². The van der Waals surface area contributed by atoms with Gasteiger partial charge in [-0.05, 0) is 47.9 Å². The van der Waals surface area contributed by atoms with Crippen molar-refractivity contribution in [3.05, 3.63) is 70.5 Å². The molecule has 0 aliphatic carbocycles. The number of hydrogen-bond donors (Lipinski definition) is 3. The Morgan fingerprint density at radius 2 is 1.50 bits per heavy atom. The molecule has 4 nitrogen and oxygen atoms in total. The molecule has 22 heavy (non-hydrogen) atoms. The fourth-order valence-corrected chi connectivity index (χ4v) is 2.30. The third-order valence-corrected chi connectivity index (χ3v) is 3.57. The smallest absolute Gasteiger partial charge is 0.249 e. The molecule has 0 saturated carbocycles. The van der Waals surface area contributed by atoms with E-state index in [1.54, 1.807) is 36.4 Å². The fourth-order valence-electron chi connectivity index (χ4n) is 2.30. The van der Waals surface area contributed by atoms with Gasteiger partial charge in [0.1, 0.15) is 11.5 Å². The molecule has 0 unspecified atom stereocenters. The summed E-state index contributed by atoms with van der Waals surface area (Å²) in [7, 11) is 0. The summed E-state index contributed by atoms with van der Waals surface area (Å²) in [4.78, 5) is 14.7. The third-order valence-electron chi connectivity index (χ3n) is 3.57. The van der Waals surface area contributed by atoms with E-state index >= 15 is 0 Å². The Bertz CT molecular complexity index is 880. The molecule has 0 aliphatic rings. The summed E-state index contributed by atoms with van der Waals surface area (Å²) in [5, 5.41) is 19.2. The van der Waals surface area contributed by atoms with Crippen LogP contribution in [0.1, 0.15) is 5.56 Å². The fraction of sp³-hybridized carbons (Fsp3) is 0.0556. The molecule has 1 aromatic heterocycles. The number of hydrogen-bond acceptors (Lipinski definition) is 3. The number of rotatable bonds is 2. The molecule has 0 bridgehead atoms. The molecule has 2 aromatic carbocycles. The van der Waals surface area contributed by atoms with E-state index in [1.165, 1.54) is 6.07 Å². The van der Waals surface area contributed by atoms with Gasteiger partial charge in [0, 0.05) is 17.3 Å². The Hall–Kier alpha value is -3.01. The number of benzene rings is 2. The predicted molar refractivity (Wildman–Crippen MR) is 86.0 cm³/mol. The van der Waals surface area contributed by atoms with Crippen molar-refractivity contribution in [1.29, 1.82) is 0 Å². The van der Waals surface area contributed by atoms with E-state index in [-0.39, 0.29) is 17.1 Å². The van der Waals surface area contributed by atoms with Crippen LogP contribution in [0.5, 0.6) is 11.5 Å². The van der Waals surface area contributed by atoms with Gasteiger partial charge in [-0.2, -0.15) is 0 Å². The number of H-pyrrole nitrogens is 1. The monoisotopic (exact) mass is 293 g/mol. The standard InChI is InChI=1S/C18H15NO3/c1-11-2-3-13(9-17(11)21)16-8-14(10-18(22)19-16)12-4-6-15(20)7-5-12/h2-10,20-21H,1H3,(H,19,22). The zero-order valence-corrected chi connectivity index (χ0v) is 12.0. The Morgan fingerprint density at radius 3 is 2.18 bits per heavy atom. The van der Waals surface area contributed by atoms with Gasteiger partial charge in [-0.3, -0.25) is 4.79 Å². The topological polar surface area (TPSA) is 73.3 Å². The van der Waals surface area contributed by atoms with Crippen molar-refractivity contribution >= 4 is 0 Å². The maximum atomic E-state index is 11.9. The van der Waals surface area contributed by atoms with Gasteiger partial charge in [0.25, 0.3) is 0 Å². The molecule has 4 heteroatoms. The molecule has 0 atom stereocenters. The molecule has 0 saturated heterocycles. The zero-order valence-electron chi connectivity index (χ0n) is 12.0. The van der Waals surface area contributed by atoms with Crippen molar-refractivity contribution in [3.8, 4) is 33.9 Å². The lowest BCUT2D eigenvalue weighted by Gasteiger charge is -2.07. The first-order chi connectivity index (χ1) is 10.5. The minimum atomic E-state index is -0.222. The van der Waals surface area contributed by atoms with Crippen molar-refractivity contribution < 1.29 is 10.2 Å². The lowest BCUT2D eigenvalue weighted by atomic mass is 10.0. The van der Waals surface area contributed by atoms with Crippen LogP contribution in [0.4, 0.5) is 0 Å². The van der Waals surface area contributed by atoms with Crippen molar-refractivity contribution in [2.75, 3.05) is 0 Å². The number of aryl methyl sites for hydroxylation is 1. The average molecular weight is 293 g/mol. The van der Waals surface area contributed by atoms with Crippen molar-refractivity contribution in [3.63, 3.8) is 0 Å². The minimum absolute atomic E-state index is 0.178. The van der Waals surface area contributed by atoms with Crippen LogP contribution in [0.2, 0.25) is 0 Å². The first kappa shape index (κ1) is 13.9. The summed E-state index contributed by atoms with van der Waals surface area (Å²) in [5.41, 5.74) is 3.51. The maximum Gasteiger partial charge on any atom is 0.249 e. The SMILES string of the molecule is Cc1ccc(-c2cc(-c3ccc(O)cc3)cc(=O)[nH]2)cc1O. The summed E-state index contributed by atoms with van der Waals surface area (Å²) in [6, 6.07) is 15.3. The van der Waals surface area contributed by atoms with Gasteiger partial charge in [0.05, 0.1) is 0 Å².